The van der Waals surface area contributed by atoms with E-state index in [1.165, 1.54) is 12.4 Å². The summed E-state index contributed by atoms with van der Waals surface area (Å²) in [5, 5.41) is 13.1. The first-order chi connectivity index (χ1) is 15.0. The topological polar surface area (TPSA) is 83.0 Å². The van der Waals surface area contributed by atoms with Crippen LogP contribution in [0.25, 0.3) is 11.1 Å². The maximum atomic E-state index is 14.7. The minimum Gasteiger partial charge on any atom is -0.345 e. The van der Waals surface area contributed by atoms with Crippen LogP contribution in [-0.4, -0.2) is 56.3 Å². The maximum Gasteiger partial charge on any atom is 0.350 e. The summed E-state index contributed by atoms with van der Waals surface area (Å²) in [7, 11) is 1.78. The number of quaternary nitrogens is 1. The Kier molecular flexibility index (Phi) is 4.48. The van der Waals surface area contributed by atoms with E-state index in [2.05, 4.69) is 20.1 Å². The molecule has 0 N–H and O–H groups in total. The minimum absolute atomic E-state index is 0.0768. The lowest BCUT2D eigenvalue weighted by molar-refractivity contribution is -1.00. The summed E-state index contributed by atoms with van der Waals surface area (Å²) in [6.07, 6.45) is 6.54. The van der Waals surface area contributed by atoms with Crippen molar-refractivity contribution < 1.29 is 13.6 Å². The third kappa shape index (κ3) is 3.43. The van der Waals surface area contributed by atoms with Crippen LogP contribution in [0.15, 0.2) is 41.9 Å². The van der Waals surface area contributed by atoms with Crippen LogP contribution in [0.3, 0.4) is 0 Å². The molecule has 8 nitrogen and oxygen atoms in total. The third-order valence-electron chi connectivity index (χ3n) is 5.72. The van der Waals surface area contributed by atoms with Crippen LogP contribution >= 0.6 is 0 Å². The second-order valence-electron chi connectivity index (χ2n) is 7.72. The number of halogens is 2. The molecule has 31 heavy (non-hydrogen) atoms. The predicted octanol–water partition coefficient (Wildman–Crippen LogP) is 2.37. The molecular formula is C21H19F2N8+. The summed E-state index contributed by atoms with van der Waals surface area (Å²) < 4.78 is 29.4. The number of nitriles is 1. The fourth-order valence-corrected chi connectivity index (χ4v) is 3.98. The molecule has 1 saturated heterocycles. The van der Waals surface area contributed by atoms with Gasteiger partial charge in [0.05, 0.1) is 37.2 Å². The highest BCUT2D eigenvalue weighted by atomic mass is 19.2. The quantitative estimate of drug-likeness (QED) is 0.479. The normalized spacial score (nSPS) is 17.2. The smallest absolute Gasteiger partial charge is 0.345 e. The van der Waals surface area contributed by atoms with Crippen molar-refractivity contribution >= 4 is 11.5 Å². The van der Waals surface area contributed by atoms with E-state index in [0.29, 0.717) is 48.0 Å². The van der Waals surface area contributed by atoms with E-state index in [0.717, 1.165) is 11.1 Å². The maximum absolute atomic E-state index is 14.7. The van der Waals surface area contributed by atoms with Crippen molar-refractivity contribution in [2.75, 3.05) is 31.1 Å². The van der Waals surface area contributed by atoms with Gasteiger partial charge in [0.25, 0.3) is 0 Å². The van der Waals surface area contributed by atoms with Gasteiger partial charge < -0.3 is 4.90 Å². The molecule has 2 aromatic heterocycles. The average Bonchev–Trinajstić information content (AvgIpc) is 3.39. The summed E-state index contributed by atoms with van der Waals surface area (Å²) >= 11 is 0. The van der Waals surface area contributed by atoms with Crippen molar-refractivity contribution in [3.63, 3.8) is 0 Å². The highest BCUT2D eigenvalue weighted by molar-refractivity contribution is 6.14. The van der Waals surface area contributed by atoms with Crippen LogP contribution in [0.5, 0.6) is 0 Å². The van der Waals surface area contributed by atoms with E-state index in [1.54, 1.807) is 36.4 Å². The summed E-state index contributed by atoms with van der Waals surface area (Å²) in [6, 6.07) is 5.12. The first-order valence-electron chi connectivity index (χ1n) is 9.87. The average molecular weight is 421 g/mol. The molecule has 2 aliphatic rings. The van der Waals surface area contributed by atoms with Crippen LogP contribution in [0.4, 0.5) is 14.7 Å². The molecule has 4 heterocycles. The van der Waals surface area contributed by atoms with Crippen molar-refractivity contribution in [1.29, 1.82) is 5.26 Å². The van der Waals surface area contributed by atoms with E-state index in [4.69, 9.17) is 5.26 Å². The highest BCUT2D eigenvalue weighted by Crippen LogP contribution is 2.31. The molecule has 0 atom stereocenters. The van der Waals surface area contributed by atoms with Gasteiger partial charge in [0.1, 0.15) is 31.1 Å². The predicted molar refractivity (Wildman–Crippen MR) is 109 cm³/mol. The zero-order valence-electron chi connectivity index (χ0n) is 16.8. The monoisotopic (exact) mass is 421 g/mol. The van der Waals surface area contributed by atoms with Gasteiger partial charge in [-0.3, -0.25) is 9.67 Å². The number of aryl methyl sites for hydroxylation is 1. The van der Waals surface area contributed by atoms with Gasteiger partial charge >= 0.3 is 6.19 Å². The van der Waals surface area contributed by atoms with Crippen LogP contribution < -0.4 is 4.90 Å². The molecule has 5 rings (SSSR count). The van der Waals surface area contributed by atoms with Crippen molar-refractivity contribution in [2.45, 2.75) is 6.54 Å². The van der Waals surface area contributed by atoms with Gasteiger partial charge in [-0.25, -0.2) is 14.4 Å². The molecule has 0 radical (unpaired) electrons. The first kappa shape index (κ1) is 19.3. The van der Waals surface area contributed by atoms with Gasteiger partial charge in [0.2, 0.25) is 0 Å². The number of aromatic nitrogens is 4. The van der Waals surface area contributed by atoms with E-state index < -0.39 is 4.71 Å². The minimum atomic E-state index is -1.10. The number of rotatable bonds is 3. The lowest BCUT2D eigenvalue weighted by Crippen LogP contribution is -2.52. The van der Waals surface area contributed by atoms with Crippen molar-refractivity contribution in [1.82, 2.24) is 19.7 Å². The van der Waals surface area contributed by atoms with E-state index in [1.807, 2.05) is 11.0 Å². The Morgan fingerprint density at radius 1 is 1.13 bits per heavy atom. The van der Waals surface area contributed by atoms with Crippen LogP contribution in [0, 0.1) is 17.3 Å². The number of anilines is 1. The largest absolute Gasteiger partial charge is 0.350 e. The van der Waals surface area contributed by atoms with Crippen LogP contribution in [-0.2, 0) is 13.6 Å². The zero-order valence-corrected chi connectivity index (χ0v) is 16.8. The third-order valence-corrected chi connectivity index (χ3v) is 5.72. The summed E-state index contributed by atoms with van der Waals surface area (Å²) in [6.45, 7) is 1.28. The Bertz CT molecular complexity index is 1230. The first-order valence-corrected chi connectivity index (χ1v) is 9.87. The standard InChI is InChI=1S/C21H19F2N8/c1-29-11-15(10-28-29)16-7-17-14(6-18(16)22)9-25-21(17)19-8-20(27-13-26-19)30-2-4-31(23,12-24)5-3-30/h6-8,10-11,13H,2-5,9H2,1H3/q+1. The summed E-state index contributed by atoms with van der Waals surface area (Å²) in [4.78, 5) is 15.2. The van der Waals surface area contributed by atoms with Gasteiger partial charge in [-0.05, 0) is 22.4 Å². The summed E-state index contributed by atoms with van der Waals surface area (Å²) in [5.41, 5.74) is 4.07. The number of fused-ring (bicyclic) bond motifs is 1. The van der Waals surface area contributed by atoms with Gasteiger partial charge in [0.15, 0.2) is 0 Å². The molecule has 0 bridgehead atoms. The lowest BCUT2D eigenvalue weighted by Gasteiger charge is -2.31. The number of aliphatic imine (C=N–C) groups is 1. The number of piperazine rings is 1. The fraction of sp³-hybridized carbons (Fsp3) is 0.286. The SMILES string of the molecule is Cn1cc(-c2cc3c(cc2F)CN=C3c2cc(N3CC[N+](F)(C#N)CC3)ncn2)cn1. The van der Waals surface area contributed by atoms with E-state index in [-0.39, 0.29) is 18.9 Å². The van der Waals surface area contributed by atoms with Gasteiger partial charge in [-0.2, -0.15) is 5.10 Å². The van der Waals surface area contributed by atoms with Crippen LogP contribution in [0.2, 0.25) is 0 Å². The second-order valence-corrected chi connectivity index (χ2v) is 7.72. The Labute approximate surface area is 177 Å². The number of benzene rings is 1. The Morgan fingerprint density at radius 3 is 2.65 bits per heavy atom. The molecule has 0 unspecified atom stereocenters. The molecule has 3 aromatic rings. The fourth-order valence-electron chi connectivity index (χ4n) is 3.98. The molecule has 1 fully saturated rings. The van der Waals surface area contributed by atoms with Crippen molar-refractivity contribution in [3.8, 4) is 17.3 Å². The van der Waals surface area contributed by atoms with Gasteiger partial charge in [0, 0.05) is 40.5 Å². The molecule has 0 aliphatic carbocycles. The lowest BCUT2D eigenvalue weighted by atomic mass is 9.97. The van der Waals surface area contributed by atoms with E-state index >= 15 is 0 Å². The molecular weight excluding hydrogens is 402 g/mol. The Hall–Kier alpha value is -3.71. The zero-order chi connectivity index (χ0) is 21.6. The molecule has 0 amide bonds. The summed E-state index contributed by atoms with van der Waals surface area (Å²) in [5.74, 6) is 0.338. The number of hydrogen-bond donors (Lipinski definition) is 0. The second kappa shape index (κ2) is 7.21. The Morgan fingerprint density at radius 2 is 1.94 bits per heavy atom. The van der Waals surface area contributed by atoms with Gasteiger partial charge in [-0.15, -0.1) is 5.26 Å². The van der Waals surface area contributed by atoms with Crippen molar-refractivity contribution in [2.24, 2.45) is 12.0 Å². The van der Waals surface area contributed by atoms with Crippen molar-refractivity contribution in [3.05, 3.63) is 59.6 Å². The molecule has 0 saturated carbocycles. The van der Waals surface area contributed by atoms with Gasteiger partial charge in [-0.1, -0.05) is 0 Å². The molecule has 2 aliphatic heterocycles. The number of hydrogen-bond acceptors (Lipinski definition) is 6. The highest BCUT2D eigenvalue weighted by Gasteiger charge is 2.36. The van der Waals surface area contributed by atoms with E-state index in [9.17, 15) is 8.87 Å². The molecule has 156 valence electrons. The molecule has 10 heteroatoms. The number of nitrogens with zero attached hydrogens (tertiary/aromatic N) is 8. The Balaban J connectivity index is 1.46. The molecule has 0 spiro atoms. The molecule has 1 aromatic carbocycles. The van der Waals surface area contributed by atoms with Crippen LogP contribution in [0.1, 0.15) is 16.8 Å².